The smallest absolute Gasteiger partial charge is 0.176 e. The zero-order valence-corrected chi connectivity index (χ0v) is 8.65. The van der Waals surface area contributed by atoms with Crippen molar-refractivity contribution < 1.29 is 0 Å². The van der Waals surface area contributed by atoms with Crippen LogP contribution in [-0.2, 0) is 0 Å². The summed E-state index contributed by atoms with van der Waals surface area (Å²) in [5.41, 5.74) is 1.55. The summed E-state index contributed by atoms with van der Waals surface area (Å²) >= 11 is 6.33. The highest BCUT2D eigenvalue weighted by molar-refractivity contribution is 7.73. The molecule has 1 heterocycles. The summed E-state index contributed by atoms with van der Waals surface area (Å²) < 4.78 is 0.641. The average Bonchev–Trinajstić information content (AvgIpc) is 2.65. The lowest BCUT2D eigenvalue weighted by Gasteiger charge is -1.94. The summed E-state index contributed by atoms with van der Waals surface area (Å²) in [6, 6.07) is 9.37. The zero-order chi connectivity index (χ0) is 9.97. The van der Waals surface area contributed by atoms with Crippen molar-refractivity contribution in [3.63, 3.8) is 0 Å². The van der Waals surface area contributed by atoms with Crippen LogP contribution in [0.3, 0.4) is 0 Å². The van der Waals surface area contributed by atoms with Gasteiger partial charge in [-0.25, -0.2) is 0 Å². The lowest BCUT2D eigenvalue weighted by Crippen LogP contribution is -1.78. The number of hydrogen-bond acceptors (Lipinski definition) is 4. The first kappa shape index (κ1) is 9.06. The quantitative estimate of drug-likeness (QED) is 0.750. The summed E-state index contributed by atoms with van der Waals surface area (Å²) in [7, 11) is 0. The highest BCUT2D eigenvalue weighted by Crippen LogP contribution is 2.21. The molecule has 0 aliphatic heterocycles. The van der Waals surface area contributed by atoms with Crippen LogP contribution in [0.4, 0.5) is 0 Å². The molecule has 5 heteroatoms. The largest absolute Gasteiger partial charge is 0.258 e. The van der Waals surface area contributed by atoms with Gasteiger partial charge in [0.2, 0.25) is 0 Å². The molecule has 0 unspecified atom stereocenters. The number of H-pyrrole nitrogens is 1. The van der Waals surface area contributed by atoms with Gasteiger partial charge in [0.25, 0.3) is 0 Å². The van der Waals surface area contributed by atoms with Crippen molar-refractivity contribution in [1.82, 2.24) is 10.2 Å². The number of hydrogen-bond donors (Lipinski definition) is 1. The Labute approximate surface area is 89.7 Å². The first-order chi connectivity index (χ1) is 6.79. The second kappa shape index (κ2) is 3.70. The van der Waals surface area contributed by atoms with Gasteiger partial charge in [-0.15, -0.1) is 0 Å². The molecule has 14 heavy (non-hydrogen) atoms. The topological polar surface area (TPSA) is 52.5 Å². The Morgan fingerprint density at radius 2 is 2.36 bits per heavy atom. The fourth-order valence-electron chi connectivity index (χ4n) is 1.08. The number of aromatic amines is 1. The van der Waals surface area contributed by atoms with Gasteiger partial charge in [-0.05, 0) is 24.4 Å². The highest BCUT2D eigenvalue weighted by Gasteiger charge is 2.02. The van der Waals surface area contributed by atoms with Crippen LogP contribution in [-0.4, -0.2) is 10.2 Å². The van der Waals surface area contributed by atoms with Crippen molar-refractivity contribution in [2.24, 2.45) is 0 Å². The van der Waals surface area contributed by atoms with Gasteiger partial charge in [-0.1, -0.05) is 23.5 Å². The van der Waals surface area contributed by atoms with Crippen LogP contribution in [0.1, 0.15) is 5.56 Å². The van der Waals surface area contributed by atoms with Crippen LogP contribution in [0.25, 0.3) is 10.6 Å². The molecule has 0 saturated carbocycles. The standard InChI is InChI=1S/C9H5N3S2/c10-5-6-2-1-3-7(4-6)8-11-12-9(13)14-8/h1-4H,(H,12,13). The predicted molar refractivity (Wildman–Crippen MR) is 57.4 cm³/mol. The Morgan fingerprint density at radius 1 is 1.50 bits per heavy atom. The molecule has 0 fully saturated rings. The molecule has 1 aromatic carbocycles. The molecule has 0 atom stereocenters. The van der Waals surface area contributed by atoms with E-state index in [1.807, 2.05) is 12.1 Å². The van der Waals surface area contributed by atoms with Crippen LogP contribution < -0.4 is 0 Å². The molecule has 0 radical (unpaired) electrons. The maximum absolute atomic E-state index is 8.72. The number of nitrogens with one attached hydrogen (secondary N) is 1. The normalized spacial score (nSPS) is 9.64. The number of aromatic nitrogens is 2. The van der Waals surface area contributed by atoms with Crippen LogP contribution >= 0.6 is 23.6 Å². The van der Waals surface area contributed by atoms with Crippen molar-refractivity contribution in [3.8, 4) is 16.6 Å². The molecule has 1 N–H and O–H groups in total. The number of nitriles is 1. The van der Waals surface area contributed by atoms with Gasteiger partial charge in [0, 0.05) is 5.56 Å². The molecular formula is C9H5N3S2. The predicted octanol–water partition coefficient (Wildman–Crippen LogP) is 2.74. The van der Waals surface area contributed by atoms with Gasteiger partial charge in [0.15, 0.2) is 3.95 Å². The first-order valence-electron chi connectivity index (χ1n) is 3.85. The Kier molecular flexibility index (Phi) is 2.39. The number of nitrogens with zero attached hydrogens (tertiary/aromatic N) is 2. The molecule has 2 aromatic rings. The lowest BCUT2D eigenvalue weighted by molar-refractivity contribution is 1.08. The fraction of sp³-hybridized carbons (Fsp3) is 0. The van der Waals surface area contributed by atoms with E-state index in [4.69, 9.17) is 17.5 Å². The maximum atomic E-state index is 8.72. The van der Waals surface area contributed by atoms with Crippen molar-refractivity contribution in [3.05, 3.63) is 33.8 Å². The Bertz CT molecular complexity index is 547. The second-order valence-corrected chi connectivity index (χ2v) is 4.28. The molecule has 3 nitrogen and oxygen atoms in total. The van der Waals surface area contributed by atoms with Crippen molar-refractivity contribution in [1.29, 1.82) is 5.26 Å². The minimum atomic E-state index is 0.628. The Balaban J connectivity index is 2.53. The highest BCUT2D eigenvalue weighted by atomic mass is 32.1. The molecule has 0 saturated heterocycles. The van der Waals surface area contributed by atoms with Crippen LogP contribution in [0.2, 0.25) is 0 Å². The SMILES string of the molecule is N#Cc1cccc(-c2n[nH]c(=S)s2)c1. The van der Waals surface area contributed by atoms with Gasteiger partial charge in [0.1, 0.15) is 5.01 Å². The summed E-state index contributed by atoms with van der Waals surface area (Å²) in [6.07, 6.45) is 0. The lowest BCUT2D eigenvalue weighted by atomic mass is 10.1. The molecular weight excluding hydrogens is 214 g/mol. The van der Waals surface area contributed by atoms with Gasteiger partial charge < -0.3 is 0 Å². The zero-order valence-electron chi connectivity index (χ0n) is 7.02. The maximum Gasteiger partial charge on any atom is 0.176 e. The minimum absolute atomic E-state index is 0.628. The fourth-order valence-corrected chi connectivity index (χ4v) is 1.96. The average molecular weight is 219 g/mol. The van der Waals surface area contributed by atoms with E-state index in [1.54, 1.807) is 12.1 Å². The van der Waals surface area contributed by atoms with E-state index in [0.29, 0.717) is 9.52 Å². The van der Waals surface area contributed by atoms with E-state index < -0.39 is 0 Å². The first-order valence-corrected chi connectivity index (χ1v) is 5.08. The molecule has 0 bridgehead atoms. The van der Waals surface area contributed by atoms with Crippen molar-refractivity contribution in [2.75, 3.05) is 0 Å². The molecule has 1 aromatic heterocycles. The Morgan fingerprint density at radius 3 is 3.00 bits per heavy atom. The molecule has 2 rings (SSSR count). The van der Waals surface area contributed by atoms with Gasteiger partial charge in [-0.2, -0.15) is 10.4 Å². The number of rotatable bonds is 1. The Hall–Kier alpha value is -1.51. The van der Waals surface area contributed by atoms with Crippen LogP contribution in [0.15, 0.2) is 24.3 Å². The summed E-state index contributed by atoms with van der Waals surface area (Å²) in [5.74, 6) is 0. The summed E-state index contributed by atoms with van der Waals surface area (Å²) in [5, 5.41) is 16.3. The van der Waals surface area contributed by atoms with E-state index in [2.05, 4.69) is 16.3 Å². The van der Waals surface area contributed by atoms with E-state index in [-0.39, 0.29) is 0 Å². The van der Waals surface area contributed by atoms with Crippen molar-refractivity contribution >= 4 is 23.6 Å². The van der Waals surface area contributed by atoms with E-state index in [1.165, 1.54) is 11.3 Å². The van der Waals surface area contributed by atoms with E-state index in [9.17, 15) is 0 Å². The second-order valence-electron chi connectivity index (χ2n) is 2.61. The third-order valence-electron chi connectivity index (χ3n) is 1.68. The van der Waals surface area contributed by atoms with Gasteiger partial charge in [-0.3, -0.25) is 5.10 Å². The molecule has 0 amide bonds. The van der Waals surface area contributed by atoms with Crippen LogP contribution in [0, 0.1) is 15.3 Å². The minimum Gasteiger partial charge on any atom is -0.258 e. The van der Waals surface area contributed by atoms with Gasteiger partial charge in [0.05, 0.1) is 11.6 Å². The van der Waals surface area contributed by atoms with Gasteiger partial charge >= 0.3 is 0 Å². The van der Waals surface area contributed by atoms with E-state index in [0.717, 1.165) is 10.6 Å². The third-order valence-corrected chi connectivity index (χ3v) is 2.82. The van der Waals surface area contributed by atoms with E-state index >= 15 is 0 Å². The van der Waals surface area contributed by atoms with Crippen molar-refractivity contribution in [2.45, 2.75) is 0 Å². The molecule has 0 aliphatic rings. The van der Waals surface area contributed by atoms with Crippen LogP contribution in [0.5, 0.6) is 0 Å². The monoisotopic (exact) mass is 219 g/mol. The molecule has 68 valence electrons. The molecule has 0 spiro atoms. The summed E-state index contributed by atoms with van der Waals surface area (Å²) in [6.45, 7) is 0. The molecule has 0 aliphatic carbocycles. The third kappa shape index (κ3) is 1.71. The summed E-state index contributed by atoms with van der Waals surface area (Å²) in [4.78, 5) is 0. The number of benzene rings is 1.